The highest BCUT2D eigenvalue weighted by Gasteiger charge is 2.13. The third-order valence-electron chi connectivity index (χ3n) is 4.01. The highest BCUT2D eigenvalue weighted by molar-refractivity contribution is 7.16. The molecule has 1 aromatic heterocycles. The molecule has 0 fully saturated rings. The van der Waals surface area contributed by atoms with Gasteiger partial charge in [0.25, 0.3) is 5.91 Å². The van der Waals surface area contributed by atoms with Gasteiger partial charge in [0.05, 0.1) is 30.0 Å². The SMILES string of the molecule is CCOCCn1c(=NC(=O)c2ccc(C#N)cc2)sc2cccc(OC)c21. The number of hydrogen-bond acceptors (Lipinski definition) is 5. The van der Waals surface area contributed by atoms with Gasteiger partial charge >= 0.3 is 0 Å². The van der Waals surface area contributed by atoms with E-state index in [-0.39, 0.29) is 5.91 Å². The van der Waals surface area contributed by atoms with E-state index in [2.05, 4.69) is 4.99 Å². The van der Waals surface area contributed by atoms with Gasteiger partial charge < -0.3 is 14.0 Å². The number of aromatic nitrogens is 1. The summed E-state index contributed by atoms with van der Waals surface area (Å²) in [5.41, 5.74) is 1.84. The Hall–Kier alpha value is -2.95. The maximum absolute atomic E-state index is 12.6. The van der Waals surface area contributed by atoms with E-state index < -0.39 is 0 Å². The van der Waals surface area contributed by atoms with E-state index in [1.165, 1.54) is 11.3 Å². The zero-order chi connectivity index (χ0) is 19.2. The lowest BCUT2D eigenvalue weighted by molar-refractivity contribution is 0.0996. The highest BCUT2D eigenvalue weighted by Crippen LogP contribution is 2.27. The fraction of sp³-hybridized carbons (Fsp3) is 0.250. The number of fused-ring (bicyclic) bond motifs is 1. The Morgan fingerprint density at radius 1 is 1.26 bits per heavy atom. The lowest BCUT2D eigenvalue weighted by Gasteiger charge is -2.08. The molecule has 0 aliphatic carbocycles. The second-order valence-corrected chi connectivity index (χ2v) is 6.66. The Balaban J connectivity index is 2.08. The Morgan fingerprint density at radius 2 is 2.04 bits per heavy atom. The molecule has 0 radical (unpaired) electrons. The summed E-state index contributed by atoms with van der Waals surface area (Å²) in [6.07, 6.45) is 0. The van der Waals surface area contributed by atoms with Crippen molar-refractivity contribution in [2.24, 2.45) is 4.99 Å². The van der Waals surface area contributed by atoms with Gasteiger partial charge in [0, 0.05) is 18.7 Å². The van der Waals surface area contributed by atoms with Crippen molar-refractivity contribution in [3.05, 3.63) is 58.4 Å². The fourth-order valence-corrected chi connectivity index (χ4v) is 3.77. The van der Waals surface area contributed by atoms with Crippen molar-refractivity contribution in [3.8, 4) is 11.8 Å². The van der Waals surface area contributed by atoms with Gasteiger partial charge in [-0.1, -0.05) is 17.4 Å². The normalized spacial score (nSPS) is 11.5. The van der Waals surface area contributed by atoms with Crippen LogP contribution in [-0.2, 0) is 11.3 Å². The highest BCUT2D eigenvalue weighted by atomic mass is 32.1. The van der Waals surface area contributed by atoms with Crippen LogP contribution in [0.5, 0.6) is 5.75 Å². The Bertz CT molecular complexity index is 1060. The lowest BCUT2D eigenvalue weighted by Crippen LogP contribution is -2.20. The number of carbonyl (C=O) groups excluding carboxylic acids is 1. The number of amides is 1. The second kappa shape index (κ2) is 8.62. The molecule has 1 amide bonds. The van der Waals surface area contributed by atoms with E-state index in [1.54, 1.807) is 31.4 Å². The number of hydrogen-bond donors (Lipinski definition) is 0. The average molecular weight is 381 g/mol. The number of nitrogens with zero attached hydrogens (tertiary/aromatic N) is 3. The Labute approximate surface area is 160 Å². The van der Waals surface area contributed by atoms with Gasteiger partial charge in [-0.05, 0) is 43.3 Å². The molecule has 6 nitrogen and oxygen atoms in total. The van der Waals surface area contributed by atoms with Crippen molar-refractivity contribution in [2.75, 3.05) is 20.3 Å². The summed E-state index contributed by atoms with van der Waals surface area (Å²) in [7, 11) is 1.62. The molecule has 0 bridgehead atoms. The summed E-state index contributed by atoms with van der Waals surface area (Å²) < 4.78 is 13.9. The largest absolute Gasteiger partial charge is 0.495 e. The van der Waals surface area contributed by atoms with Crippen LogP contribution in [0.4, 0.5) is 0 Å². The third-order valence-corrected chi connectivity index (χ3v) is 5.05. The molecule has 2 aromatic carbocycles. The lowest BCUT2D eigenvalue weighted by atomic mass is 10.1. The molecule has 0 saturated carbocycles. The molecular weight excluding hydrogens is 362 g/mol. The zero-order valence-corrected chi connectivity index (χ0v) is 16.0. The maximum atomic E-state index is 12.6. The minimum Gasteiger partial charge on any atom is -0.495 e. The number of benzene rings is 2. The van der Waals surface area contributed by atoms with Crippen molar-refractivity contribution < 1.29 is 14.3 Å². The minimum atomic E-state index is -0.352. The Morgan fingerprint density at radius 3 is 2.70 bits per heavy atom. The van der Waals surface area contributed by atoms with Gasteiger partial charge in [0.1, 0.15) is 11.3 Å². The number of para-hydroxylation sites is 1. The van der Waals surface area contributed by atoms with E-state index in [9.17, 15) is 4.79 Å². The average Bonchev–Trinajstić information content (AvgIpc) is 3.05. The van der Waals surface area contributed by atoms with E-state index >= 15 is 0 Å². The molecule has 0 unspecified atom stereocenters. The minimum absolute atomic E-state index is 0.352. The van der Waals surface area contributed by atoms with E-state index in [1.807, 2.05) is 35.8 Å². The van der Waals surface area contributed by atoms with Crippen molar-refractivity contribution in [1.29, 1.82) is 5.26 Å². The first kappa shape index (κ1) is 18.8. The van der Waals surface area contributed by atoms with Gasteiger partial charge in [-0.3, -0.25) is 4.79 Å². The standard InChI is InChI=1S/C20H19N3O3S/c1-3-26-12-11-23-18-16(25-2)5-4-6-17(18)27-20(23)22-19(24)15-9-7-14(13-21)8-10-15/h4-10H,3,11-12H2,1-2H3. The van der Waals surface area contributed by atoms with Gasteiger partial charge in [-0.25, -0.2) is 0 Å². The number of thiazole rings is 1. The predicted octanol–water partition coefficient (Wildman–Crippen LogP) is 3.36. The molecule has 0 saturated heterocycles. The summed E-state index contributed by atoms with van der Waals surface area (Å²) in [5, 5.41) is 8.89. The number of nitriles is 1. The molecule has 0 N–H and O–H groups in total. The monoisotopic (exact) mass is 381 g/mol. The van der Waals surface area contributed by atoms with E-state index in [4.69, 9.17) is 14.7 Å². The molecule has 27 heavy (non-hydrogen) atoms. The number of rotatable bonds is 6. The van der Waals surface area contributed by atoms with E-state index in [0.717, 1.165) is 16.0 Å². The molecule has 138 valence electrons. The molecule has 0 aliphatic heterocycles. The Kier molecular flexibility index (Phi) is 6.01. The van der Waals surface area contributed by atoms with Gasteiger partial charge in [-0.2, -0.15) is 10.3 Å². The molecule has 0 spiro atoms. The van der Waals surface area contributed by atoms with Gasteiger partial charge in [0.15, 0.2) is 4.80 Å². The first-order valence-corrected chi connectivity index (χ1v) is 9.33. The van der Waals surface area contributed by atoms with Crippen LogP contribution in [0.1, 0.15) is 22.8 Å². The fourth-order valence-electron chi connectivity index (χ4n) is 2.69. The third kappa shape index (κ3) is 4.08. The van der Waals surface area contributed by atoms with Crippen molar-refractivity contribution in [2.45, 2.75) is 13.5 Å². The number of methoxy groups -OCH3 is 1. The van der Waals surface area contributed by atoms with Gasteiger partial charge in [-0.15, -0.1) is 0 Å². The van der Waals surface area contributed by atoms with Crippen LogP contribution in [0.3, 0.4) is 0 Å². The van der Waals surface area contributed by atoms with Crippen LogP contribution >= 0.6 is 11.3 Å². The zero-order valence-electron chi connectivity index (χ0n) is 15.1. The number of ether oxygens (including phenoxy) is 2. The summed E-state index contributed by atoms with van der Waals surface area (Å²) in [4.78, 5) is 17.5. The molecular formula is C20H19N3O3S. The molecule has 3 rings (SSSR count). The summed E-state index contributed by atoms with van der Waals surface area (Å²) >= 11 is 1.43. The van der Waals surface area contributed by atoms with E-state index in [0.29, 0.717) is 35.7 Å². The first-order valence-electron chi connectivity index (χ1n) is 8.51. The maximum Gasteiger partial charge on any atom is 0.279 e. The van der Waals surface area contributed by atoms with Crippen LogP contribution in [0, 0.1) is 11.3 Å². The van der Waals surface area contributed by atoms with Crippen molar-refractivity contribution in [1.82, 2.24) is 4.57 Å². The first-order chi connectivity index (χ1) is 13.2. The quantitative estimate of drug-likeness (QED) is 0.614. The summed E-state index contributed by atoms with van der Waals surface area (Å²) in [6.45, 7) is 3.64. The summed E-state index contributed by atoms with van der Waals surface area (Å²) in [6, 6.07) is 14.3. The molecule has 0 aliphatic rings. The molecule has 1 heterocycles. The van der Waals surface area contributed by atoms with Crippen LogP contribution < -0.4 is 9.54 Å². The van der Waals surface area contributed by atoms with Crippen LogP contribution in [-0.4, -0.2) is 30.8 Å². The van der Waals surface area contributed by atoms with Crippen molar-refractivity contribution >= 4 is 27.5 Å². The van der Waals surface area contributed by atoms with Crippen LogP contribution in [0.15, 0.2) is 47.5 Å². The predicted molar refractivity (Wildman–Crippen MR) is 104 cm³/mol. The second-order valence-electron chi connectivity index (χ2n) is 5.65. The number of carbonyl (C=O) groups is 1. The molecule has 0 atom stereocenters. The van der Waals surface area contributed by atoms with Crippen molar-refractivity contribution in [3.63, 3.8) is 0 Å². The smallest absolute Gasteiger partial charge is 0.279 e. The molecule has 3 aromatic rings. The molecule has 7 heteroatoms. The van der Waals surface area contributed by atoms with Crippen LogP contribution in [0.25, 0.3) is 10.2 Å². The van der Waals surface area contributed by atoms with Gasteiger partial charge in [0.2, 0.25) is 0 Å². The topological polar surface area (TPSA) is 76.6 Å². The summed E-state index contributed by atoms with van der Waals surface area (Å²) in [5.74, 6) is 0.377. The van der Waals surface area contributed by atoms with Crippen LogP contribution in [0.2, 0.25) is 0 Å².